The van der Waals surface area contributed by atoms with Crippen LogP contribution in [0.4, 0.5) is 4.39 Å². The van der Waals surface area contributed by atoms with Crippen LogP contribution in [0, 0.1) is 17.7 Å². The molecule has 0 spiro atoms. The van der Waals surface area contributed by atoms with Crippen molar-refractivity contribution < 1.29 is 13.9 Å². The van der Waals surface area contributed by atoms with Crippen LogP contribution in [0.5, 0.6) is 0 Å². The first-order valence-electron chi connectivity index (χ1n) is 6.92. The molecular formula is C15H17FN2O2. The SMILES string of the molecule is CCOC(=O)C1NN=C(Cc2ccccc2F)C2CC21. The Morgan fingerprint density at radius 3 is 3.05 bits per heavy atom. The summed E-state index contributed by atoms with van der Waals surface area (Å²) in [7, 11) is 0. The van der Waals surface area contributed by atoms with Crippen LogP contribution >= 0.6 is 0 Å². The van der Waals surface area contributed by atoms with Crippen molar-refractivity contribution in [1.82, 2.24) is 5.43 Å². The third-order valence-corrected chi connectivity index (χ3v) is 3.91. The molecule has 1 aromatic rings. The van der Waals surface area contributed by atoms with Gasteiger partial charge in [0.2, 0.25) is 0 Å². The molecule has 106 valence electrons. The number of fused-ring (bicyclic) bond motifs is 1. The number of hydrazone groups is 1. The number of rotatable bonds is 4. The molecule has 1 heterocycles. The fourth-order valence-electron chi connectivity index (χ4n) is 2.76. The topological polar surface area (TPSA) is 50.7 Å². The molecule has 3 atom stereocenters. The Kier molecular flexibility index (Phi) is 3.42. The Hall–Kier alpha value is -1.91. The summed E-state index contributed by atoms with van der Waals surface area (Å²) >= 11 is 0. The number of nitrogens with one attached hydrogen (secondary N) is 1. The zero-order chi connectivity index (χ0) is 14.1. The molecule has 1 saturated carbocycles. The highest BCUT2D eigenvalue weighted by molar-refractivity contribution is 5.93. The molecule has 0 saturated heterocycles. The molecule has 0 bridgehead atoms. The molecule has 2 aliphatic rings. The van der Waals surface area contributed by atoms with Crippen LogP contribution in [0.3, 0.4) is 0 Å². The smallest absolute Gasteiger partial charge is 0.330 e. The number of halogens is 1. The van der Waals surface area contributed by atoms with Gasteiger partial charge in [0.1, 0.15) is 11.9 Å². The van der Waals surface area contributed by atoms with E-state index in [2.05, 4.69) is 10.5 Å². The molecule has 3 unspecified atom stereocenters. The maximum absolute atomic E-state index is 13.6. The second-order valence-corrected chi connectivity index (χ2v) is 5.24. The Bertz CT molecular complexity index is 559. The summed E-state index contributed by atoms with van der Waals surface area (Å²) in [6, 6.07) is 6.38. The lowest BCUT2D eigenvalue weighted by atomic mass is 10.0. The molecule has 0 aromatic heterocycles. The standard InChI is InChI=1S/C15H17FN2O2/c1-2-20-15(19)14-11-8-10(11)13(17-18-14)7-9-5-3-4-6-12(9)16/h3-6,10-11,14,18H,2,7-8H2,1H3. The number of ether oxygens (including phenoxy) is 1. The van der Waals surface area contributed by atoms with Gasteiger partial charge in [-0.3, -0.25) is 5.43 Å². The Morgan fingerprint density at radius 1 is 1.50 bits per heavy atom. The first-order valence-corrected chi connectivity index (χ1v) is 6.92. The number of nitrogens with zero attached hydrogens (tertiary/aromatic N) is 1. The molecule has 0 amide bonds. The molecule has 1 fully saturated rings. The third kappa shape index (κ3) is 2.40. The lowest BCUT2D eigenvalue weighted by Gasteiger charge is -2.21. The zero-order valence-electron chi connectivity index (χ0n) is 11.3. The van der Waals surface area contributed by atoms with Gasteiger partial charge in [-0.15, -0.1) is 0 Å². The van der Waals surface area contributed by atoms with E-state index in [1.807, 2.05) is 6.07 Å². The van der Waals surface area contributed by atoms with Crippen molar-refractivity contribution in [2.45, 2.75) is 25.8 Å². The highest BCUT2D eigenvalue weighted by Gasteiger charge is 2.51. The van der Waals surface area contributed by atoms with E-state index in [0.29, 0.717) is 18.6 Å². The zero-order valence-corrected chi connectivity index (χ0v) is 11.3. The average molecular weight is 276 g/mol. The summed E-state index contributed by atoms with van der Waals surface area (Å²) in [5, 5.41) is 4.27. The van der Waals surface area contributed by atoms with E-state index in [0.717, 1.165) is 12.1 Å². The highest BCUT2D eigenvalue weighted by Crippen LogP contribution is 2.45. The minimum Gasteiger partial charge on any atom is -0.464 e. The van der Waals surface area contributed by atoms with E-state index < -0.39 is 0 Å². The summed E-state index contributed by atoms with van der Waals surface area (Å²) in [4.78, 5) is 11.7. The summed E-state index contributed by atoms with van der Waals surface area (Å²) in [5.74, 6) is 0.0761. The lowest BCUT2D eigenvalue weighted by Crippen LogP contribution is -2.41. The van der Waals surface area contributed by atoms with Crippen molar-refractivity contribution in [3.63, 3.8) is 0 Å². The van der Waals surface area contributed by atoms with E-state index in [-0.39, 0.29) is 29.7 Å². The molecule has 1 aliphatic carbocycles. The first kappa shape index (κ1) is 13.1. The maximum atomic E-state index is 13.6. The van der Waals surface area contributed by atoms with Crippen LogP contribution < -0.4 is 5.43 Å². The Labute approximate surface area is 117 Å². The monoisotopic (exact) mass is 276 g/mol. The minimum atomic E-state index is -0.343. The molecule has 1 aliphatic heterocycles. The fourth-order valence-corrected chi connectivity index (χ4v) is 2.76. The van der Waals surface area contributed by atoms with Crippen molar-refractivity contribution in [1.29, 1.82) is 0 Å². The van der Waals surface area contributed by atoms with Gasteiger partial charge in [-0.1, -0.05) is 18.2 Å². The van der Waals surface area contributed by atoms with Gasteiger partial charge in [0.25, 0.3) is 0 Å². The maximum Gasteiger partial charge on any atom is 0.330 e. The fraction of sp³-hybridized carbons (Fsp3) is 0.467. The predicted octanol–water partition coefficient (Wildman–Crippen LogP) is 1.90. The van der Waals surface area contributed by atoms with E-state index in [1.54, 1.807) is 19.1 Å². The first-order chi connectivity index (χ1) is 9.70. The van der Waals surface area contributed by atoms with Crippen LogP contribution in [-0.2, 0) is 16.0 Å². The van der Waals surface area contributed by atoms with Gasteiger partial charge in [-0.2, -0.15) is 5.10 Å². The van der Waals surface area contributed by atoms with E-state index in [4.69, 9.17) is 4.74 Å². The van der Waals surface area contributed by atoms with Crippen LogP contribution in [0.1, 0.15) is 18.9 Å². The van der Waals surface area contributed by atoms with Crippen molar-refractivity contribution in [2.75, 3.05) is 6.61 Å². The van der Waals surface area contributed by atoms with Crippen molar-refractivity contribution in [3.05, 3.63) is 35.6 Å². The second-order valence-electron chi connectivity index (χ2n) is 5.24. The normalized spacial score (nSPS) is 27.1. The van der Waals surface area contributed by atoms with E-state index in [1.165, 1.54) is 6.07 Å². The molecular weight excluding hydrogens is 259 g/mol. The quantitative estimate of drug-likeness (QED) is 0.854. The largest absolute Gasteiger partial charge is 0.464 e. The van der Waals surface area contributed by atoms with Gasteiger partial charge in [-0.25, -0.2) is 9.18 Å². The lowest BCUT2D eigenvalue weighted by molar-refractivity contribution is -0.146. The van der Waals surface area contributed by atoms with Crippen LogP contribution in [0.2, 0.25) is 0 Å². The van der Waals surface area contributed by atoms with Crippen molar-refractivity contribution in [3.8, 4) is 0 Å². The predicted molar refractivity (Wildman–Crippen MR) is 72.7 cm³/mol. The van der Waals surface area contributed by atoms with Gasteiger partial charge >= 0.3 is 5.97 Å². The summed E-state index contributed by atoms with van der Waals surface area (Å²) in [5.41, 5.74) is 4.45. The molecule has 0 radical (unpaired) electrons. The van der Waals surface area contributed by atoms with E-state index in [9.17, 15) is 9.18 Å². The van der Waals surface area contributed by atoms with Crippen molar-refractivity contribution in [2.24, 2.45) is 16.9 Å². The number of hydrogen-bond acceptors (Lipinski definition) is 4. The molecule has 1 aromatic carbocycles. The number of carbonyl (C=O) groups excluding carboxylic acids is 1. The van der Waals surface area contributed by atoms with Gasteiger partial charge in [0, 0.05) is 24.0 Å². The van der Waals surface area contributed by atoms with E-state index >= 15 is 0 Å². The number of esters is 1. The number of benzene rings is 1. The van der Waals surface area contributed by atoms with Crippen LogP contribution in [0.15, 0.2) is 29.4 Å². The molecule has 1 N–H and O–H groups in total. The molecule has 20 heavy (non-hydrogen) atoms. The Balaban J connectivity index is 1.69. The van der Waals surface area contributed by atoms with Crippen molar-refractivity contribution >= 4 is 11.7 Å². The Morgan fingerprint density at radius 2 is 2.30 bits per heavy atom. The summed E-state index contributed by atoms with van der Waals surface area (Å²) < 4.78 is 18.7. The van der Waals surface area contributed by atoms with Gasteiger partial charge in [0.05, 0.1) is 6.61 Å². The number of carbonyl (C=O) groups is 1. The average Bonchev–Trinajstić information content (AvgIpc) is 3.22. The van der Waals surface area contributed by atoms with Gasteiger partial charge in [0.15, 0.2) is 0 Å². The molecule has 3 rings (SSSR count). The molecule has 4 nitrogen and oxygen atoms in total. The van der Waals surface area contributed by atoms with Gasteiger partial charge in [-0.05, 0) is 25.0 Å². The van der Waals surface area contributed by atoms with Gasteiger partial charge < -0.3 is 4.74 Å². The minimum absolute atomic E-state index is 0.208. The highest BCUT2D eigenvalue weighted by atomic mass is 19.1. The van der Waals surface area contributed by atoms with Crippen LogP contribution in [0.25, 0.3) is 0 Å². The summed E-state index contributed by atoms with van der Waals surface area (Å²) in [6.45, 7) is 2.16. The third-order valence-electron chi connectivity index (χ3n) is 3.91. The number of hydrogen-bond donors (Lipinski definition) is 1. The second kappa shape index (κ2) is 5.23. The molecule has 5 heteroatoms. The van der Waals surface area contributed by atoms with Crippen LogP contribution in [-0.4, -0.2) is 24.3 Å². The summed E-state index contributed by atoms with van der Waals surface area (Å²) in [6.07, 6.45) is 1.42.